The molecule has 3 rings (SSSR count). The van der Waals surface area contributed by atoms with Crippen LogP contribution >= 0.6 is 12.2 Å². The summed E-state index contributed by atoms with van der Waals surface area (Å²) in [5.41, 5.74) is 4.60. The molecule has 1 aliphatic rings. The summed E-state index contributed by atoms with van der Waals surface area (Å²) >= 11 is 5.42. The third-order valence-electron chi connectivity index (χ3n) is 5.11. The lowest BCUT2D eigenvalue weighted by atomic mass is 9.96. The molecule has 150 valence electrons. The Labute approximate surface area is 173 Å². The molecule has 1 heterocycles. The SMILES string of the molecule is COc1ccc(-n2nc(C)c([C@@H]3C=C[C@@H](NC(=S)NCC(C)C)C3)c2C)cc1. The third-order valence-corrected chi connectivity index (χ3v) is 5.37. The highest BCUT2D eigenvalue weighted by atomic mass is 32.1. The molecule has 2 atom stereocenters. The standard InChI is InChI=1S/C22H30N4OS/c1-14(2)13-23-22(28)24-18-7-6-17(12-18)21-15(3)25-26(16(21)4)19-8-10-20(27-5)11-9-19/h6-11,14,17-18H,12-13H2,1-5H3,(H2,23,24,28)/t17-,18-/m1/s1. The summed E-state index contributed by atoms with van der Waals surface area (Å²) in [6.45, 7) is 9.47. The van der Waals surface area contributed by atoms with Crippen LogP contribution in [0.25, 0.3) is 5.69 Å². The van der Waals surface area contributed by atoms with Crippen LogP contribution in [0.4, 0.5) is 0 Å². The van der Waals surface area contributed by atoms with Crippen LogP contribution in [0, 0.1) is 19.8 Å². The van der Waals surface area contributed by atoms with Gasteiger partial charge in [-0.2, -0.15) is 5.10 Å². The lowest BCUT2D eigenvalue weighted by molar-refractivity contribution is 0.414. The molecule has 0 saturated carbocycles. The lowest BCUT2D eigenvalue weighted by Crippen LogP contribution is -2.41. The Balaban J connectivity index is 1.70. The van der Waals surface area contributed by atoms with Crippen molar-refractivity contribution >= 4 is 17.3 Å². The number of nitrogens with zero attached hydrogens (tertiary/aromatic N) is 2. The summed E-state index contributed by atoms with van der Waals surface area (Å²) in [6.07, 6.45) is 5.48. The molecule has 28 heavy (non-hydrogen) atoms. The summed E-state index contributed by atoms with van der Waals surface area (Å²) in [4.78, 5) is 0. The highest BCUT2D eigenvalue weighted by Gasteiger charge is 2.26. The minimum Gasteiger partial charge on any atom is -0.497 e. The molecular formula is C22H30N4OS. The molecule has 0 aliphatic heterocycles. The Hall–Kier alpha value is -2.34. The van der Waals surface area contributed by atoms with E-state index in [1.165, 1.54) is 11.3 Å². The number of ether oxygens (including phenoxy) is 1. The van der Waals surface area contributed by atoms with Gasteiger partial charge in [-0.15, -0.1) is 0 Å². The van der Waals surface area contributed by atoms with Crippen molar-refractivity contribution in [2.75, 3.05) is 13.7 Å². The van der Waals surface area contributed by atoms with Crippen LogP contribution in [0.5, 0.6) is 5.75 Å². The smallest absolute Gasteiger partial charge is 0.166 e. The zero-order valence-electron chi connectivity index (χ0n) is 17.3. The zero-order valence-corrected chi connectivity index (χ0v) is 18.1. The summed E-state index contributed by atoms with van der Waals surface area (Å²) in [5, 5.41) is 12.2. The van der Waals surface area contributed by atoms with Gasteiger partial charge in [-0.25, -0.2) is 4.68 Å². The van der Waals surface area contributed by atoms with Crippen molar-refractivity contribution in [3.8, 4) is 11.4 Å². The predicted molar refractivity (Wildman–Crippen MR) is 118 cm³/mol. The van der Waals surface area contributed by atoms with E-state index in [1.807, 2.05) is 28.9 Å². The van der Waals surface area contributed by atoms with Gasteiger partial charge < -0.3 is 15.4 Å². The van der Waals surface area contributed by atoms with Crippen molar-refractivity contribution in [1.82, 2.24) is 20.4 Å². The number of thiocarbonyl (C=S) groups is 1. The second-order valence-corrected chi connectivity index (χ2v) is 8.18. The molecule has 0 saturated heterocycles. The number of methoxy groups -OCH3 is 1. The minimum atomic E-state index is 0.250. The first kappa shape index (κ1) is 20.4. The Morgan fingerprint density at radius 1 is 1.25 bits per heavy atom. The molecule has 2 aromatic rings. The monoisotopic (exact) mass is 398 g/mol. The van der Waals surface area contributed by atoms with Crippen LogP contribution in [0.15, 0.2) is 36.4 Å². The maximum absolute atomic E-state index is 5.42. The maximum Gasteiger partial charge on any atom is 0.166 e. The molecule has 1 aromatic heterocycles. The number of nitrogens with one attached hydrogen (secondary N) is 2. The average Bonchev–Trinajstić information content (AvgIpc) is 3.23. The van der Waals surface area contributed by atoms with E-state index in [1.54, 1.807) is 7.11 Å². The van der Waals surface area contributed by atoms with E-state index < -0.39 is 0 Å². The third kappa shape index (κ3) is 4.55. The normalized spacial score (nSPS) is 18.5. The summed E-state index contributed by atoms with van der Waals surface area (Å²) < 4.78 is 7.28. The number of hydrogen-bond donors (Lipinski definition) is 2. The van der Waals surface area contributed by atoms with Gasteiger partial charge in [0.1, 0.15) is 5.75 Å². The number of benzene rings is 1. The zero-order chi connectivity index (χ0) is 20.3. The number of rotatable bonds is 6. The first-order valence-electron chi connectivity index (χ1n) is 9.82. The summed E-state index contributed by atoms with van der Waals surface area (Å²) in [5.74, 6) is 1.76. The molecular weight excluding hydrogens is 368 g/mol. The molecule has 0 bridgehead atoms. The molecule has 0 fully saturated rings. The Bertz CT molecular complexity index is 854. The van der Waals surface area contributed by atoms with Gasteiger partial charge >= 0.3 is 0 Å². The summed E-state index contributed by atoms with van der Waals surface area (Å²) in [7, 11) is 1.68. The van der Waals surface area contributed by atoms with E-state index in [-0.39, 0.29) is 6.04 Å². The van der Waals surface area contributed by atoms with E-state index in [2.05, 4.69) is 50.5 Å². The van der Waals surface area contributed by atoms with Crippen molar-refractivity contribution in [3.63, 3.8) is 0 Å². The van der Waals surface area contributed by atoms with Gasteiger partial charge in [-0.3, -0.25) is 0 Å². The Morgan fingerprint density at radius 3 is 2.61 bits per heavy atom. The number of aromatic nitrogens is 2. The second kappa shape index (κ2) is 8.78. The van der Waals surface area contributed by atoms with Crippen molar-refractivity contribution in [2.24, 2.45) is 5.92 Å². The summed E-state index contributed by atoms with van der Waals surface area (Å²) in [6, 6.07) is 8.25. The molecule has 1 aromatic carbocycles. The second-order valence-electron chi connectivity index (χ2n) is 7.78. The molecule has 5 nitrogen and oxygen atoms in total. The molecule has 0 unspecified atom stereocenters. The highest BCUT2D eigenvalue weighted by molar-refractivity contribution is 7.80. The van der Waals surface area contributed by atoms with E-state index in [4.69, 9.17) is 22.1 Å². The highest BCUT2D eigenvalue weighted by Crippen LogP contribution is 2.34. The van der Waals surface area contributed by atoms with E-state index >= 15 is 0 Å². The van der Waals surface area contributed by atoms with Crippen molar-refractivity contribution in [3.05, 3.63) is 53.4 Å². The predicted octanol–water partition coefficient (Wildman–Crippen LogP) is 4.03. The van der Waals surface area contributed by atoms with Gasteiger partial charge in [0.05, 0.1) is 18.5 Å². The van der Waals surface area contributed by atoms with Crippen LogP contribution in [0.3, 0.4) is 0 Å². The molecule has 0 radical (unpaired) electrons. The van der Waals surface area contributed by atoms with Gasteiger partial charge in [0.2, 0.25) is 0 Å². The van der Waals surface area contributed by atoms with Crippen LogP contribution in [0.2, 0.25) is 0 Å². The Morgan fingerprint density at radius 2 is 1.96 bits per heavy atom. The number of allylic oxidation sites excluding steroid dienone is 1. The fourth-order valence-electron chi connectivity index (χ4n) is 3.70. The van der Waals surface area contributed by atoms with Crippen molar-refractivity contribution < 1.29 is 4.74 Å². The van der Waals surface area contributed by atoms with Crippen molar-refractivity contribution in [1.29, 1.82) is 0 Å². The fraction of sp³-hybridized carbons (Fsp3) is 0.455. The molecule has 6 heteroatoms. The van der Waals surface area contributed by atoms with Gasteiger partial charge in [0.15, 0.2) is 5.11 Å². The first-order valence-corrected chi connectivity index (χ1v) is 10.2. The topological polar surface area (TPSA) is 51.1 Å². The van der Waals surface area contributed by atoms with Gasteiger partial charge in [-0.05, 0) is 62.7 Å². The molecule has 0 spiro atoms. The van der Waals surface area contributed by atoms with Crippen molar-refractivity contribution in [2.45, 2.75) is 46.1 Å². The fourth-order valence-corrected chi connectivity index (χ4v) is 3.94. The van der Waals surface area contributed by atoms with E-state index in [0.29, 0.717) is 11.8 Å². The Kier molecular flexibility index (Phi) is 6.39. The average molecular weight is 399 g/mol. The molecule has 0 amide bonds. The maximum atomic E-state index is 5.42. The quantitative estimate of drug-likeness (QED) is 0.568. The number of aryl methyl sites for hydroxylation is 1. The van der Waals surface area contributed by atoms with Crippen LogP contribution < -0.4 is 15.4 Å². The van der Waals surface area contributed by atoms with Gasteiger partial charge in [-0.1, -0.05) is 26.0 Å². The largest absolute Gasteiger partial charge is 0.497 e. The van der Waals surface area contributed by atoms with Crippen LogP contribution in [-0.4, -0.2) is 34.6 Å². The lowest BCUT2D eigenvalue weighted by Gasteiger charge is -2.18. The molecule has 2 N–H and O–H groups in total. The number of hydrogen-bond acceptors (Lipinski definition) is 3. The minimum absolute atomic E-state index is 0.250. The van der Waals surface area contributed by atoms with Crippen LogP contribution in [-0.2, 0) is 0 Å². The van der Waals surface area contributed by atoms with E-state index in [0.717, 1.165) is 35.2 Å². The van der Waals surface area contributed by atoms with E-state index in [9.17, 15) is 0 Å². The molecule has 1 aliphatic carbocycles. The van der Waals surface area contributed by atoms with Crippen LogP contribution in [0.1, 0.15) is 43.1 Å². The van der Waals surface area contributed by atoms with Gasteiger partial charge in [0, 0.05) is 29.8 Å². The van der Waals surface area contributed by atoms with Gasteiger partial charge in [0.25, 0.3) is 0 Å². The first-order chi connectivity index (χ1) is 13.4.